The first-order valence-electron chi connectivity index (χ1n) is 9.04. The van der Waals surface area contributed by atoms with Crippen LogP contribution in [0.15, 0.2) is 40.8 Å². The summed E-state index contributed by atoms with van der Waals surface area (Å²) in [5.41, 5.74) is 5.05. The molecule has 3 N–H and O–H groups in total. The number of carbonyl (C=O) groups excluding carboxylic acids is 3. The Hall–Kier alpha value is -2.94. The van der Waals surface area contributed by atoms with E-state index in [2.05, 4.69) is 16.2 Å². The van der Waals surface area contributed by atoms with Gasteiger partial charge in [0.25, 0.3) is 17.7 Å². The molecule has 3 amide bonds. The van der Waals surface area contributed by atoms with E-state index >= 15 is 0 Å². The maximum atomic E-state index is 12.5. The van der Waals surface area contributed by atoms with Crippen LogP contribution in [0.25, 0.3) is 0 Å². The third-order valence-corrected chi connectivity index (χ3v) is 4.60. The molecule has 0 spiro atoms. The van der Waals surface area contributed by atoms with Gasteiger partial charge in [0.15, 0.2) is 6.61 Å². The molecule has 0 aliphatic rings. The van der Waals surface area contributed by atoms with Gasteiger partial charge >= 0.3 is 0 Å². The Balaban J connectivity index is 1.88. The first-order valence-corrected chi connectivity index (χ1v) is 10.4. The predicted molar refractivity (Wildman–Crippen MR) is 111 cm³/mol. The van der Waals surface area contributed by atoms with Crippen LogP contribution in [0, 0.1) is 13.8 Å². The summed E-state index contributed by atoms with van der Waals surface area (Å²) in [5.74, 6) is 0.843. The molecule has 2 rings (SSSR count). The summed E-state index contributed by atoms with van der Waals surface area (Å²) in [4.78, 5) is 36.9. The second-order valence-electron chi connectivity index (χ2n) is 6.27. The number of benzene rings is 1. The minimum atomic E-state index is -0.804. The smallest absolute Gasteiger partial charge is 0.273 e. The van der Waals surface area contributed by atoms with E-state index in [0.29, 0.717) is 35.0 Å². The van der Waals surface area contributed by atoms with Gasteiger partial charge in [-0.25, -0.2) is 0 Å². The van der Waals surface area contributed by atoms with E-state index in [1.807, 2.05) is 12.3 Å². The highest BCUT2D eigenvalue weighted by Gasteiger charge is 2.22. The average Bonchev–Trinajstić information content (AvgIpc) is 3.06. The van der Waals surface area contributed by atoms with Crippen molar-refractivity contribution in [2.45, 2.75) is 26.3 Å². The van der Waals surface area contributed by atoms with E-state index < -0.39 is 23.8 Å². The standard InChI is InChI=1S/C20H25N3O5S/c1-13-11-16(14(2)28-13)19(25)22-23-20(26)17(9-10-29-3)21-18(24)12-27-15-7-5-4-6-8-15/h4-8,11,17H,9-10,12H2,1-3H3,(H,21,24)(H,22,25)(H,23,26)/t17-/m1/s1. The van der Waals surface area contributed by atoms with E-state index in [-0.39, 0.29) is 6.61 Å². The molecular formula is C20H25N3O5S. The molecule has 0 aliphatic carbocycles. The number of amides is 3. The van der Waals surface area contributed by atoms with Gasteiger partial charge in [0.2, 0.25) is 0 Å². The molecule has 29 heavy (non-hydrogen) atoms. The van der Waals surface area contributed by atoms with Crippen molar-refractivity contribution < 1.29 is 23.5 Å². The Morgan fingerprint density at radius 1 is 1.14 bits per heavy atom. The number of hydrogen-bond acceptors (Lipinski definition) is 6. The van der Waals surface area contributed by atoms with Crippen LogP contribution in [0.4, 0.5) is 0 Å². The first kappa shape index (κ1) is 22.4. The Morgan fingerprint density at radius 3 is 2.48 bits per heavy atom. The van der Waals surface area contributed by atoms with Crippen LogP contribution < -0.4 is 20.9 Å². The normalized spacial score (nSPS) is 11.4. The van der Waals surface area contributed by atoms with Gasteiger partial charge in [-0.3, -0.25) is 25.2 Å². The SMILES string of the molecule is CSCC[C@@H](NC(=O)COc1ccccc1)C(=O)NNC(=O)c1cc(C)oc1C. The van der Waals surface area contributed by atoms with Crippen LogP contribution in [-0.4, -0.2) is 42.4 Å². The van der Waals surface area contributed by atoms with Gasteiger partial charge in [0.05, 0.1) is 5.56 Å². The molecule has 8 nitrogen and oxygen atoms in total. The number of hydrogen-bond donors (Lipinski definition) is 3. The summed E-state index contributed by atoms with van der Waals surface area (Å²) in [6.07, 6.45) is 2.31. The summed E-state index contributed by atoms with van der Waals surface area (Å²) in [6, 6.07) is 9.70. The van der Waals surface area contributed by atoms with Crippen molar-refractivity contribution in [3.63, 3.8) is 0 Å². The van der Waals surface area contributed by atoms with Gasteiger partial charge in [-0.1, -0.05) is 18.2 Å². The zero-order chi connectivity index (χ0) is 21.2. The molecule has 156 valence electrons. The third-order valence-electron chi connectivity index (χ3n) is 3.96. The molecule has 0 saturated carbocycles. The molecule has 2 aromatic rings. The number of nitrogens with one attached hydrogen (secondary N) is 3. The van der Waals surface area contributed by atoms with Gasteiger partial charge in [-0.15, -0.1) is 0 Å². The highest BCUT2D eigenvalue weighted by Crippen LogP contribution is 2.13. The van der Waals surface area contributed by atoms with Crippen LogP contribution in [0.5, 0.6) is 5.75 Å². The van der Waals surface area contributed by atoms with Crippen molar-refractivity contribution >= 4 is 29.5 Å². The number of furan rings is 1. The molecule has 1 atom stereocenters. The van der Waals surface area contributed by atoms with Crippen molar-refractivity contribution in [2.24, 2.45) is 0 Å². The summed E-state index contributed by atoms with van der Waals surface area (Å²) in [7, 11) is 0. The molecule has 0 unspecified atom stereocenters. The second-order valence-corrected chi connectivity index (χ2v) is 7.26. The Bertz CT molecular complexity index is 838. The Labute approximate surface area is 173 Å². The molecule has 1 aromatic carbocycles. The minimum Gasteiger partial charge on any atom is -0.484 e. The van der Waals surface area contributed by atoms with Crippen LogP contribution >= 0.6 is 11.8 Å². The van der Waals surface area contributed by atoms with Gasteiger partial charge in [-0.05, 0) is 50.5 Å². The fourth-order valence-electron chi connectivity index (χ4n) is 2.54. The molecule has 1 heterocycles. The lowest BCUT2D eigenvalue weighted by Gasteiger charge is -2.18. The maximum Gasteiger partial charge on any atom is 0.273 e. The number of rotatable bonds is 9. The van der Waals surface area contributed by atoms with Gasteiger partial charge in [0.1, 0.15) is 23.3 Å². The number of carbonyl (C=O) groups is 3. The minimum absolute atomic E-state index is 0.215. The van der Waals surface area contributed by atoms with E-state index in [4.69, 9.17) is 9.15 Å². The molecular weight excluding hydrogens is 394 g/mol. The Morgan fingerprint density at radius 2 is 1.86 bits per heavy atom. The highest BCUT2D eigenvalue weighted by molar-refractivity contribution is 7.98. The maximum absolute atomic E-state index is 12.5. The molecule has 0 aliphatic heterocycles. The van der Waals surface area contributed by atoms with Gasteiger partial charge in [-0.2, -0.15) is 11.8 Å². The summed E-state index contributed by atoms with van der Waals surface area (Å²) < 4.78 is 10.7. The second kappa shape index (κ2) is 11.2. The van der Waals surface area contributed by atoms with Crippen molar-refractivity contribution in [2.75, 3.05) is 18.6 Å². The predicted octanol–water partition coefficient (Wildman–Crippen LogP) is 1.97. The summed E-state index contributed by atoms with van der Waals surface area (Å²) in [6.45, 7) is 3.18. The number of thioether (sulfide) groups is 1. The van der Waals surface area contributed by atoms with E-state index in [9.17, 15) is 14.4 Å². The van der Waals surface area contributed by atoms with Crippen LogP contribution in [0.2, 0.25) is 0 Å². The molecule has 0 saturated heterocycles. The zero-order valence-electron chi connectivity index (χ0n) is 16.6. The largest absolute Gasteiger partial charge is 0.484 e. The first-order chi connectivity index (χ1) is 13.9. The van der Waals surface area contributed by atoms with E-state index in [1.54, 1.807) is 55.9 Å². The lowest BCUT2D eigenvalue weighted by molar-refractivity contribution is -0.130. The fourth-order valence-corrected chi connectivity index (χ4v) is 3.01. The molecule has 0 radical (unpaired) electrons. The van der Waals surface area contributed by atoms with Crippen molar-refractivity contribution in [1.29, 1.82) is 0 Å². The number of hydrazine groups is 1. The summed E-state index contributed by atoms with van der Waals surface area (Å²) >= 11 is 1.55. The molecule has 9 heteroatoms. The Kier molecular flexibility index (Phi) is 8.60. The van der Waals surface area contributed by atoms with Crippen molar-refractivity contribution in [3.8, 4) is 5.75 Å². The monoisotopic (exact) mass is 419 g/mol. The van der Waals surface area contributed by atoms with Crippen LogP contribution in [0.3, 0.4) is 0 Å². The number of aryl methyl sites for hydroxylation is 2. The fraction of sp³-hybridized carbons (Fsp3) is 0.350. The van der Waals surface area contributed by atoms with Crippen LogP contribution in [-0.2, 0) is 9.59 Å². The summed E-state index contributed by atoms with van der Waals surface area (Å²) in [5, 5.41) is 2.64. The number of ether oxygens (including phenoxy) is 1. The third kappa shape index (κ3) is 7.19. The quantitative estimate of drug-likeness (QED) is 0.536. The number of para-hydroxylation sites is 1. The zero-order valence-corrected chi connectivity index (χ0v) is 17.4. The topological polar surface area (TPSA) is 110 Å². The molecule has 0 fully saturated rings. The van der Waals surface area contributed by atoms with Crippen molar-refractivity contribution in [3.05, 3.63) is 53.5 Å². The lowest BCUT2D eigenvalue weighted by Crippen LogP contribution is -2.53. The van der Waals surface area contributed by atoms with E-state index in [0.717, 1.165) is 0 Å². The van der Waals surface area contributed by atoms with Gasteiger partial charge in [0, 0.05) is 0 Å². The molecule has 1 aromatic heterocycles. The van der Waals surface area contributed by atoms with Crippen molar-refractivity contribution in [1.82, 2.24) is 16.2 Å². The average molecular weight is 420 g/mol. The van der Waals surface area contributed by atoms with E-state index in [1.165, 1.54) is 0 Å². The molecule has 0 bridgehead atoms. The lowest BCUT2D eigenvalue weighted by atomic mass is 10.2. The highest BCUT2D eigenvalue weighted by atomic mass is 32.2. The van der Waals surface area contributed by atoms with Gasteiger partial charge < -0.3 is 14.5 Å². The van der Waals surface area contributed by atoms with Crippen LogP contribution in [0.1, 0.15) is 28.3 Å².